The minimum atomic E-state index is 1.10. The molecule has 0 bridgehead atoms. The number of anilines is 3. The van der Waals surface area contributed by atoms with E-state index < -0.39 is 0 Å². The lowest BCUT2D eigenvalue weighted by atomic mass is 9.95. The summed E-state index contributed by atoms with van der Waals surface area (Å²) in [5.74, 6) is 0. The summed E-state index contributed by atoms with van der Waals surface area (Å²) in [5.41, 5.74) is 14.1. The van der Waals surface area contributed by atoms with Gasteiger partial charge in [-0.05, 0) is 132 Å². The molecule has 2 nitrogen and oxygen atoms in total. The number of aromatic nitrogens is 1. The normalized spacial score (nSPS) is 11.8. The van der Waals surface area contributed by atoms with E-state index in [0.29, 0.717) is 0 Å². The van der Waals surface area contributed by atoms with E-state index in [0.717, 1.165) is 22.7 Å². The Balaban J connectivity index is 0.859. The Bertz CT molecular complexity index is 4260. The van der Waals surface area contributed by atoms with Gasteiger partial charge in [0.05, 0.1) is 21.4 Å². The van der Waals surface area contributed by atoms with Crippen LogP contribution in [0.25, 0.3) is 113 Å². The quantitative estimate of drug-likeness (QED) is 0.145. The van der Waals surface area contributed by atoms with Crippen LogP contribution in [0.15, 0.2) is 255 Å². The zero-order chi connectivity index (χ0) is 45.4. The highest BCUT2D eigenvalue weighted by atomic mass is 32.1. The van der Waals surface area contributed by atoms with Gasteiger partial charge in [0.15, 0.2) is 0 Å². The SMILES string of the molecule is c1cc(-c2ccc(N(c3ccc(-c4cccc(-n5c6ccccc6c6ccccc65)c4)cc3)c3cccc4c3sc3c5ccccc5ccc43)cc2)cc(-c2ccc3c(ccc4ccccc43)c2)c1. The van der Waals surface area contributed by atoms with Crippen molar-refractivity contribution < 1.29 is 0 Å². The molecule has 14 rings (SSSR count). The first kappa shape index (κ1) is 39.4. The third-order valence-electron chi connectivity index (χ3n) is 14.2. The van der Waals surface area contributed by atoms with Crippen molar-refractivity contribution >= 4 is 103 Å². The first-order valence-electron chi connectivity index (χ1n) is 23.6. The molecule has 0 unspecified atom stereocenters. The van der Waals surface area contributed by atoms with Crippen molar-refractivity contribution in [2.45, 2.75) is 0 Å². The molecule has 0 radical (unpaired) electrons. The molecule has 3 heteroatoms. The van der Waals surface area contributed by atoms with Gasteiger partial charge in [-0.1, -0.05) is 188 Å². The smallest absolute Gasteiger partial charge is 0.0640 e. The molecule has 0 saturated carbocycles. The third kappa shape index (κ3) is 6.54. The van der Waals surface area contributed by atoms with Crippen LogP contribution in [-0.2, 0) is 0 Å². The fourth-order valence-corrected chi connectivity index (χ4v) is 12.2. The third-order valence-corrected chi connectivity index (χ3v) is 15.4. The molecule has 0 atom stereocenters. The van der Waals surface area contributed by atoms with Gasteiger partial charge in [0.1, 0.15) is 0 Å². The van der Waals surface area contributed by atoms with E-state index in [1.54, 1.807) is 0 Å². The molecular weight excluding hydrogens is 853 g/mol. The first-order valence-corrected chi connectivity index (χ1v) is 24.5. The molecule has 14 aromatic rings. The topological polar surface area (TPSA) is 8.17 Å². The van der Waals surface area contributed by atoms with Crippen LogP contribution in [0.3, 0.4) is 0 Å². The van der Waals surface area contributed by atoms with E-state index in [-0.39, 0.29) is 0 Å². The molecule has 0 aliphatic heterocycles. The van der Waals surface area contributed by atoms with E-state index in [4.69, 9.17) is 0 Å². The van der Waals surface area contributed by atoms with Crippen LogP contribution in [-0.4, -0.2) is 4.57 Å². The second-order valence-electron chi connectivity index (χ2n) is 18.1. The van der Waals surface area contributed by atoms with Crippen molar-refractivity contribution in [2.75, 3.05) is 4.90 Å². The Morgan fingerprint density at radius 3 is 1.45 bits per heavy atom. The Kier molecular flexibility index (Phi) is 9.11. The van der Waals surface area contributed by atoms with Gasteiger partial charge in [0, 0.05) is 43.3 Å². The van der Waals surface area contributed by atoms with Gasteiger partial charge in [-0.2, -0.15) is 0 Å². The highest BCUT2D eigenvalue weighted by Gasteiger charge is 2.20. The maximum absolute atomic E-state index is 2.44. The average Bonchev–Trinajstić information content (AvgIpc) is 3.98. The number of nitrogens with zero attached hydrogens (tertiary/aromatic N) is 2. The van der Waals surface area contributed by atoms with Gasteiger partial charge in [-0.3, -0.25) is 0 Å². The minimum absolute atomic E-state index is 1.10. The molecule has 2 heterocycles. The molecule has 12 aromatic carbocycles. The van der Waals surface area contributed by atoms with Crippen molar-refractivity contribution in [3.05, 3.63) is 255 Å². The first-order chi connectivity index (χ1) is 34.2. The van der Waals surface area contributed by atoms with E-state index >= 15 is 0 Å². The van der Waals surface area contributed by atoms with Crippen LogP contribution < -0.4 is 4.90 Å². The van der Waals surface area contributed by atoms with Crippen molar-refractivity contribution in [1.29, 1.82) is 0 Å². The number of hydrogen-bond acceptors (Lipinski definition) is 2. The number of hydrogen-bond donors (Lipinski definition) is 0. The average molecular weight is 895 g/mol. The fourth-order valence-electron chi connectivity index (χ4n) is 10.8. The highest BCUT2D eigenvalue weighted by Crippen LogP contribution is 2.47. The number of thiophene rings is 1. The summed E-state index contributed by atoms with van der Waals surface area (Å²) >= 11 is 1.89. The molecule has 322 valence electrons. The number of rotatable bonds is 7. The van der Waals surface area contributed by atoms with Gasteiger partial charge in [0.25, 0.3) is 0 Å². The maximum atomic E-state index is 2.44. The molecule has 0 fully saturated rings. The lowest BCUT2D eigenvalue weighted by Crippen LogP contribution is -2.10. The monoisotopic (exact) mass is 894 g/mol. The Morgan fingerprint density at radius 1 is 0.275 bits per heavy atom. The second kappa shape index (κ2) is 16.0. The summed E-state index contributed by atoms with van der Waals surface area (Å²) in [4.78, 5) is 2.44. The second-order valence-corrected chi connectivity index (χ2v) is 19.1. The maximum Gasteiger partial charge on any atom is 0.0640 e. The molecular formula is C66H42N2S. The molecule has 0 spiro atoms. The summed E-state index contributed by atoms with van der Waals surface area (Å²) in [5, 5.41) is 12.8. The molecule has 0 N–H and O–H groups in total. The Morgan fingerprint density at radius 2 is 0.739 bits per heavy atom. The molecule has 0 amide bonds. The van der Waals surface area contributed by atoms with Gasteiger partial charge < -0.3 is 9.47 Å². The Hall–Kier alpha value is -8.76. The van der Waals surface area contributed by atoms with Crippen molar-refractivity contribution in [1.82, 2.24) is 4.57 Å². The van der Waals surface area contributed by atoms with Crippen LogP contribution in [0, 0.1) is 0 Å². The van der Waals surface area contributed by atoms with Gasteiger partial charge >= 0.3 is 0 Å². The van der Waals surface area contributed by atoms with Crippen molar-refractivity contribution in [3.63, 3.8) is 0 Å². The number of fused-ring (bicyclic) bond motifs is 11. The van der Waals surface area contributed by atoms with Crippen LogP contribution in [0.5, 0.6) is 0 Å². The summed E-state index contributed by atoms with van der Waals surface area (Å²) in [6, 6.07) is 93.7. The van der Waals surface area contributed by atoms with Crippen molar-refractivity contribution in [2.24, 2.45) is 0 Å². The zero-order valence-electron chi connectivity index (χ0n) is 37.6. The van der Waals surface area contributed by atoms with E-state index in [2.05, 4.69) is 264 Å². The van der Waals surface area contributed by atoms with Crippen LogP contribution >= 0.6 is 11.3 Å². The summed E-state index contributed by atoms with van der Waals surface area (Å²) < 4.78 is 4.99. The van der Waals surface area contributed by atoms with Crippen molar-refractivity contribution in [3.8, 4) is 39.1 Å². The molecule has 0 aliphatic rings. The van der Waals surface area contributed by atoms with Crippen LogP contribution in [0.4, 0.5) is 17.1 Å². The lowest BCUT2D eigenvalue weighted by molar-refractivity contribution is 1.18. The molecule has 0 aliphatic carbocycles. The van der Waals surface area contributed by atoms with Gasteiger partial charge in [-0.15, -0.1) is 11.3 Å². The number of benzene rings is 12. The highest BCUT2D eigenvalue weighted by molar-refractivity contribution is 7.27. The van der Waals surface area contributed by atoms with Crippen LogP contribution in [0.1, 0.15) is 0 Å². The van der Waals surface area contributed by atoms with Crippen LogP contribution in [0.2, 0.25) is 0 Å². The van der Waals surface area contributed by atoms with E-state index in [1.807, 2.05) is 11.3 Å². The Labute approximate surface area is 403 Å². The lowest BCUT2D eigenvalue weighted by Gasteiger charge is -2.26. The standard InChI is InChI=1S/C66H42N2S/c1-3-18-55-45(12-1)26-27-51-41-50(33-38-56(51)55)48-15-9-14-47(40-48)43-28-34-52(35-29-43)67(64-25-11-22-60-61-39-32-46-13-2-4-19-57(46)65(61)69-66(60)64)53-36-30-44(31-37-53)49-16-10-17-54(42-49)68-62-23-7-5-20-58(62)59-21-6-8-24-63(59)68/h1-42H. The largest absolute Gasteiger partial charge is 0.309 e. The molecule has 0 saturated heterocycles. The molecule has 2 aromatic heterocycles. The predicted molar refractivity (Wildman–Crippen MR) is 297 cm³/mol. The predicted octanol–water partition coefficient (Wildman–Crippen LogP) is 19.1. The van der Waals surface area contributed by atoms with E-state index in [1.165, 1.54) is 108 Å². The fraction of sp³-hybridized carbons (Fsp3) is 0. The van der Waals surface area contributed by atoms with Gasteiger partial charge in [-0.25, -0.2) is 0 Å². The summed E-state index contributed by atoms with van der Waals surface area (Å²) in [6.45, 7) is 0. The minimum Gasteiger partial charge on any atom is -0.309 e. The summed E-state index contributed by atoms with van der Waals surface area (Å²) in [6.07, 6.45) is 0. The van der Waals surface area contributed by atoms with E-state index in [9.17, 15) is 0 Å². The summed E-state index contributed by atoms with van der Waals surface area (Å²) in [7, 11) is 0. The number of para-hydroxylation sites is 2. The zero-order valence-corrected chi connectivity index (χ0v) is 38.4. The molecule has 69 heavy (non-hydrogen) atoms. The van der Waals surface area contributed by atoms with Gasteiger partial charge in [0.2, 0.25) is 0 Å².